The van der Waals surface area contributed by atoms with E-state index in [-0.39, 0.29) is 5.75 Å². The number of aryl methyl sites for hydroxylation is 1. The lowest BCUT2D eigenvalue weighted by Crippen LogP contribution is -2.17. The van der Waals surface area contributed by atoms with Gasteiger partial charge in [-0.1, -0.05) is 48.7 Å². The monoisotopic (exact) mass is 460 g/mol. The minimum absolute atomic E-state index is 0.249. The largest absolute Gasteiger partial charge is 0.378 e. The first-order valence-electron chi connectivity index (χ1n) is 10.9. The molecule has 172 valence electrons. The minimum atomic E-state index is -3.93. The molecule has 1 N–H and O–H groups in total. The average molecular weight is 461 g/mol. The Morgan fingerprint density at radius 3 is 2.62 bits per heavy atom. The summed E-state index contributed by atoms with van der Waals surface area (Å²) in [4.78, 5) is 4.58. The van der Waals surface area contributed by atoms with Crippen LogP contribution in [0.15, 0.2) is 35.0 Å². The van der Waals surface area contributed by atoms with Gasteiger partial charge in [-0.25, -0.2) is 0 Å². The minimum Gasteiger partial charge on any atom is -0.378 e. The molecule has 0 radical (unpaired) electrons. The number of nitrogens with zero attached hydrogens (tertiary/aromatic N) is 4. The van der Waals surface area contributed by atoms with Gasteiger partial charge in [0.15, 0.2) is 0 Å². The highest BCUT2D eigenvalue weighted by molar-refractivity contribution is 7.85. The highest BCUT2D eigenvalue weighted by atomic mass is 32.2. The van der Waals surface area contributed by atoms with Crippen LogP contribution in [0.3, 0.4) is 0 Å². The van der Waals surface area contributed by atoms with Crippen molar-refractivity contribution in [1.29, 1.82) is 0 Å². The molecule has 32 heavy (non-hydrogen) atoms. The summed E-state index contributed by atoms with van der Waals surface area (Å²) in [6.07, 6.45) is 8.61. The fourth-order valence-corrected chi connectivity index (χ4v) is 4.73. The van der Waals surface area contributed by atoms with Crippen LogP contribution in [0.2, 0.25) is 0 Å². The lowest BCUT2D eigenvalue weighted by Gasteiger charge is -2.24. The molecule has 0 spiro atoms. The maximum atomic E-state index is 10.9. The molecular weight excluding hydrogens is 432 g/mol. The number of hydrogen-bond acceptors (Lipinski definition) is 7. The Morgan fingerprint density at radius 1 is 1.19 bits per heavy atom. The van der Waals surface area contributed by atoms with E-state index < -0.39 is 10.1 Å². The smallest absolute Gasteiger partial charge is 0.264 e. The van der Waals surface area contributed by atoms with E-state index in [0.29, 0.717) is 37.2 Å². The molecular formula is C22H28N4O5S. The number of methoxy groups -OCH3 is 1. The van der Waals surface area contributed by atoms with Crippen molar-refractivity contribution in [2.75, 3.05) is 12.9 Å². The van der Waals surface area contributed by atoms with E-state index in [1.54, 1.807) is 13.3 Å². The number of aromatic nitrogens is 4. The molecule has 0 bridgehead atoms. The van der Waals surface area contributed by atoms with E-state index in [1.807, 2.05) is 24.3 Å². The topological polar surface area (TPSA) is 120 Å². The quantitative estimate of drug-likeness (QED) is 0.474. The van der Waals surface area contributed by atoms with Crippen molar-refractivity contribution in [3.05, 3.63) is 41.7 Å². The molecule has 0 amide bonds. The van der Waals surface area contributed by atoms with Gasteiger partial charge in [0.25, 0.3) is 16.0 Å². The number of rotatable bonds is 9. The SMILES string of the molecule is COCc1c(-c2nc(-c3ccc(CCCS(=O)(=O)O)cc3)no2)cnn1C1CCCCC1. The standard InChI is InChI=1S/C22H28N4O5S/c1-30-15-20-19(14-23-26(20)18-7-3-2-4-8-18)22-24-21(25-31-22)17-11-9-16(10-12-17)6-5-13-32(27,28)29/h9-12,14,18H,2-8,13,15H2,1H3,(H,27,28,29). The van der Waals surface area contributed by atoms with Crippen molar-refractivity contribution in [1.82, 2.24) is 19.9 Å². The number of hydrogen-bond donors (Lipinski definition) is 1. The van der Waals surface area contributed by atoms with Gasteiger partial charge in [0.2, 0.25) is 5.82 Å². The van der Waals surface area contributed by atoms with Gasteiger partial charge in [0, 0.05) is 12.7 Å². The third-order valence-corrected chi connectivity index (χ3v) is 6.64. The Morgan fingerprint density at radius 2 is 1.94 bits per heavy atom. The summed E-state index contributed by atoms with van der Waals surface area (Å²) in [5.74, 6) is 0.631. The Labute approximate surface area is 187 Å². The van der Waals surface area contributed by atoms with Crippen molar-refractivity contribution in [3.8, 4) is 22.8 Å². The zero-order valence-corrected chi connectivity index (χ0v) is 18.9. The lowest BCUT2D eigenvalue weighted by atomic mass is 9.95. The predicted octanol–water partition coefficient (Wildman–Crippen LogP) is 4.07. The van der Waals surface area contributed by atoms with Crippen LogP contribution in [-0.2, 0) is 27.9 Å². The van der Waals surface area contributed by atoms with Crippen LogP contribution >= 0.6 is 0 Å². The van der Waals surface area contributed by atoms with Crippen LogP contribution < -0.4 is 0 Å². The molecule has 10 heteroatoms. The van der Waals surface area contributed by atoms with E-state index in [4.69, 9.17) is 13.8 Å². The lowest BCUT2D eigenvalue weighted by molar-refractivity contribution is 0.171. The van der Waals surface area contributed by atoms with Crippen molar-refractivity contribution >= 4 is 10.1 Å². The second-order valence-corrected chi connectivity index (χ2v) is 9.76. The Kier molecular flexibility index (Phi) is 7.02. The Balaban J connectivity index is 1.50. The molecule has 1 fully saturated rings. The van der Waals surface area contributed by atoms with Crippen LogP contribution in [0, 0.1) is 0 Å². The third kappa shape index (κ3) is 5.43. The molecule has 4 rings (SSSR count). The summed E-state index contributed by atoms with van der Waals surface area (Å²) in [6.45, 7) is 0.418. The van der Waals surface area contributed by atoms with Crippen LogP contribution in [0.25, 0.3) is 22.8 Å². The van der Waals surface area contributed by atoms with Crippen LogP contribution in [-0.4, -0.2) is 45.8 Å². The summed E-state index contributed by atoms with van der Waals surface area (Å²) in [7, 11) is -2.27. The van der Waals surface area contributed by atoms with Crippen molar-refractivity contribution in [2.45, 2.75) is 57.6 Å². The van der Waals surface area contributed by atoms with Crippen molar-refractivity contribution in [2.24, 2.45) is 0 Å². The van der Waals surface area contributed by atoms with Crippen molar-refractivity contribution in [3.63, 3.8) is 0 Å². The second kappa shape index (κ2) is 9.93. The molecule has 1 aliphatic rings. The van der Waals surface area contributed by atoms with E-state index in [9.17, 15) is 8.42 Å². The zero-order valence-electron chi connectivity index (χ0n) is 18.1. The van der Waals surface area contributed by atoms with Gasteiger partial charge in [0.05, 0.1) is 35.9 Å². The molecule has 0 aliphatic heterocycles. The van der Waals surface area contributed by atoms with Crippen LogP contribution in [0.1, 0.15) is 55.8 Å². The zero-order chi connectivity index (χ0) is 22.6. The van der Waals surface area contributed by atoms with Crippen LogP contribution in [0.4, 0.5) is 0 Å². The first-order chi connectivity index (χ1) is 15.4. The fourth-order valence-electron chi connectivity index (χ4n) is 4.22. The van der Waals surface area contributed by atoms with Gasteiger partial charge in [0.1, 0.15) is 0 Å². The van der Waals surface area contributed by atoms with Crippen LogP contribution in [0.5, 0.6) is 0 Å². The summed E-state index contributed by atoms with van der Waals surface area (Å²) in [6, 6.07) is 7.91. The summed E-state index contributed by atoms with van der Waals surface area (Å²) >= 11 is 0. The Hall–Kier alpha value is -2.56. The maximum absolute atomic E-state index is 10.9. The Bertz CT molecular complexity index is 1130. The summed E-state index contributed by atoms with van der Waals surface area (Å²) in [5.41, 5.74) is 3.51. The molecule has 3 aromatic rings. The van der Waals surface area contributed by atoms with E-state index in [1.165, 1.54) is 19.3 Å². The molecule has 0 unspecified atom stereocenters. The molecule has 0 atom stereocenters. The molecule has 2 aromatic heterocycles. The van der Waals surface area contributed by atoms with Gasteiger partial charge in [-0.3, -0.25) is 9.23 Å². The highest BCUT2D eigenvalue weighted by Gasteiger charge is 2.24. The predicted molar refractivity (Wildman–Crippen MR) is 119 cm³/mol. The number of benzene rings is 1. The molecule has 0 saturated heterocycles. The maximum Gasteiger partial charge on any atom is 0.264 e. The number of ether oxygens (including phenoxy) is 1. The fraction of sp³-hybridized carbons (Fsp3) is 0.500. The van der Waals surface area contributed by atoms with E-state index in [0.717, 1.165) is 35.2 Å². The van der Waals surface area contributed by atoms with Gasteiger partial charge in [-0.15, -0.1) is 0 Å². The molecule has 9 nitrogen and oxygen atoms in total. The molecule has 2 heterocycles. The highest BCUT2D eigenvalue weighted by Crippen LogP contribution is 2.33. The molecule has 1 aliphatic carbocycles. The summed E-state index contributed by atoms with van der Waals surface area (Å²) in [5, 5.41) is 8.76. The van der Waals surface area contributed by atoms with E-state index >= 15 is 0 Å². The normalized spacial score (nSPS) is 15.3. The van der Waals surface area contributed by atoms with Gasteiger partial charge < -0.3 is 9.26 Å². The van der Waals surface area contributed by atoms with Crippen molar-refractivity contribution < 1.29 is 22.2 Å². The summed E-state index contributed by atoms with van der Waals surface area (Å²) < 4.78 is 43.6. The third-order valence-electron chi connectivity index (χ3n) is 5.84. The first-order valence-corrected chi connectivity index (χ1v) is 12.5. The first kappa shape index (κ1) is 22.6. The molecule has 1 aromatic carbocycles. The van der Waals surface area contributed by atoms with Gasteiger partial charge in [-0.2, -0.15) is 18.5 Å². The van der Waals surface area contributed by atoms with E-state index in [2.05, 4.69) is 19.9 Å². The second-order valence-electron chi connectivity index (χ2n) is 8.18. The van der Waals surface area contributed by atoms with Gasteiger partial charge >= 0.3 is 0 Å². The average Bonchev–Trinajstić information content (AvgIpc) is 3.42. The molecule has 1 saturated carbocycles. The van der Waals surface area contributed by atoms with Gasteiger partial charge in [-0.05, 0) is 31.2 Å².